The number of benzene rings is 3. The second-order valence-corrected chi connectivity index (χ2v) is 9.92. The number of rotatable bonds is 7. The van der Waals surface area contributed by atoms with Crippen LogP contribution in [0.4, 0.5) is 5.69 Å². The van der Waals surface area contributed by atoms with Crippen LogP contribution < -0.4 is 29.4 Å². The van der Waals surface area contributed by atoms with Crippen LogP contribution in [0.1, 0.15) is 34.3 Å². The summed E-state index contributed by atoms with van der Waals surface area (Å²) in [5, 5.41) is 0. The number of hydrogen-bond acceptors (Lipinski definition) is 10. The van der Waals surface area contributed by atoms with Crippen LogP contribution in [0.15, 0.2) is 48.5 Å². The summed E-state index contributed by atoms with van der Waals surface area (Å²) in [5.41, 5.74) is 9.42. The van der Waals surface area contributed by atoms with Crippen LogP contribution in [-0.2, 0) is 25.5 Å². The molecule has 4 atom stereocenters. The number of hydrogen-bond donors (Lipinski definition) is 1. The summed E-state index contributed by atoms with van der Waals surface area (Å²) in [4.78, 5) is 26.5. The fourth-order valence-electron chi connectivity index (χ4n) is 5.93. The van der Waals surface area contributed by atoms with Crippen molar-refractivity contribution in [3.8, 4) is 28.7 Å². The smallest absolute Gasteiger partial charge is 0.310 e. The predicted octanol–water partition coefficient (Wildman–Crippen LogP) is 3.79. The summed E-state index contributed by atoms with van der Waals surface area (Å²) < 4.78 is 39.8. The van der Waals surface area contributed by atoms with E-state index in [0.29, 0.717) is 34.4 Å². The van der Waals surface area contributed by atoms with Crippen molar-refractivity contribution >= 4 is 17.6 Å². The van der Waals surface area contributed by atoms with Crippen molar-refractivity contribution in [3.63, 3.8) is 0 Å². The maximum atomic E-state index is 13.3. The van der Waals surface area contributed by atoms with Crippen molar-refractivity contribution in [1.29, 1.82) is 0 Å². The molecule has 0 aromatic heterocycles. The molecule has 0 radical (unpaired) electrons. The van der Waals surface area contributed by atoms with Crippen LogP contribution in [-0.4, -0.2) is 46.7 Å². The van der Waals surface area contributed by atoms with E-state index >= 15 is 0 Å². The molecule has 208 valence electrons. The Bertz CT molecular complexity index is 1440. The van der Waals surface area contributed by atoms with Gasteiger partial charge >= 0.3 is 11.9 Å². The number of methoxy groups -OCH3 is 3. The van der Waals surface area contributed by atoms with Gasteiger partial charge in [0, 0.05) is 23.1 Å². The maximum absolute atomic E-state index is 13.3. The number of carbonyl (C=O) groups is 2. The Morgan fingerprint density at radius 2 is 1.55 bits per heavy atom. The van der Waals surface area contributed by atoms with Gasteiger partial charge in [0.2, 0.25) is 12.5 Å². The highest BCUT2D eigenvalue weighted by Crippen LogP contribution is 2.56. The van der Waals surface area contributed by atoms with Gasteiger partial charge in [-0.3, -0.25) is 9.59 Å². The Morgan fingerprint density at radius 3 is 2.17 bits per heavy atom. The van der Waals surface area contributed by atoms with E-state index in [1.807, 2.05) is 24.3 Å². The van der Waals surface area contributed by atoms with Crippen LogP contribution in [0.3, 0.4) is 0 Å². The Morgan fingerprint density at radius 1 is 0.900 bits per heavy atom. The molecule has 2 N–H and O–H groups in total. The molecular weight excluding hydrogens is 518 g/mol. The first-order valence-corrected chi connectivity index (χ1v) is 12.9. The van der Waals surface area contributed by atoms with Gasteiger partial charge in [0.05, 0.1) is 40.3 Å². The first-order chi connectivity index (χ1) is 19.4. The lowest BCUT2D eigenvalue weighted by atomic mass is 9.66. The number of anilines is 1. The van der Waals surface area contributed by atoms with Crippen molar-refractivity contribution in [3.05, 3.63) is 70.8 Å². The molecule has 10 nitrogen and oxygen atoms in total. The lowest BCUT2D eigenvalue weighted by molar-refractivity contribution is -0.153. The average molecular weight is 548 g/mol. The molecule has 0 unspecified atom stereocenters. The highest BCUT2D eigenvalue weighted by molar-refractivity contribution is 5.80. The number of nitrogen functional groups attached to an aromatic ring is 1. The SMILES string of the molecule is COc1cc([C@@H]2c3cc4c(cc3[C@H](OC(=O)Cc3ccc(N)cc3)[C@H]3COC(=O)[C@H]23)OCO4)cc(OC)c1OC. The minimum Gasteiger partial charge on any atom is -0.493 e. The standard InChI is InChI=1S/C30H29NO9/c1-34-23-9-16(10-24(35-2)29(23)36-3)26-18-11-21-22(39-14-38-21)12-19(18)28(20-13-37-30(33)27(20)26)40-25(32)8-15-4-6-17(31)7-5-15/h4-7,9-12,20,26-28H,8,13-14,31H2,1-3H3/t20-,26+,27-,28-/m0/s1. The van der Waals surface area contributed by atoms with Gasteiger partial charge in [0.25, 0.3) is 0 Å². The molecule has 0 bridgehead atoms. The third-order valence-corrected chi connectivity index (χ3v) is 7.75. The molecule has 3 aliphatic rings. The number of esters is 2. The largest absolute Gasteiger partial charge is 0.493 e. The molecule has 6 rings (SSSR count). The molecule has 1 saturated heterocycles. The summed E-state index contributed by atoms with van der Waals surface area (Å²) in [7, 11) is 4.61. The Balaban J connectivity index is 1.46. The molecule has 3 aromatic rings. The highest BCUT2D eigenvalue weighted by atomic mass is 16.7. The van der Waals surface area contributed by atoms with E-state index in [9.17, 15) is 9.59 Å². The zero-order chi connectivity index (χ0) is 28.0. The lowest BCUT2D eigenvalue weighted by Crippen LogP contribution is -2.36. The molecule has 1 aliphatic carbocycles. The number of ether oxygens (including phenoxy) is 7. The van der Waals surface area contributed by atoms with Gasteiger partial charge in [-0.25, -0.2) is 0 Å². The van der Waals surface area contributed by atoms with Gasteiger partial charge in [-0.15, -0.1) is 0 Å². The van der Waals surface area contributed by atoms with Crippen LogP contribution in [0.25, 0.3) is 0 Å². The van der Waals surface area contributed by atoms with E-state index in [2.05, 4.69) is 0 Å². The molecule has 2 aliphatic heterocycles. The molecular formula is C30H29NO9. The van der Waals surface area contributed by atoms with Crippen molar-refractivity contribution in [2.75, 3.05) is 40.5 Å². The molecule has 0 amide bonds. The van der Waals surface area contributed by atoms with Crippen LogP contribution >= 0.6 is 0 Å². The van der Waals surface area contributed by atoms with Crippen molar-refractivity contribution in [2.45, 2.75) is 18.4 Å². The third kappa shape index (κ3) is 4.29. The summed E-state index contributed by atoms with van der Waals surface area (Å²) in [6, 6.07) is 14.4. The van der Waals surface area contributed by atoms with E-state index in [1.165, 1.54) is 21.3 Å². The molecule has 3 aromatic carbocycles. The highest BCUT2D eigenvalue weighted by Gasteiger charge is 2.54. The van der Waals surface area contributed by atoms with Crippen LogP contribution in [0.2, 0.25) is 0 Å². The molecule has 40 heavy (non-hydrogen) atoms. The van der Waals surface area contributed by atoms with Crippen molar-refractivity contribution < 1.29 is 42.7 Å². The quantitative estimate of drug-likeness (QED) is 0.345. The monoisotopic (exact) mass is 547 g/mol. The van der Waals surface area contributed by atoms with Gasteiger partial charge in [-0.05, 0) is 53.1 Å². The molecule has 10 heteroatoms. The average Bonchev–Trinajstić information content (AvgIpc) is 3.58. The molecule has 0 spiro atoms. The van der Waals surface area contributed by atoms with E-state index in [-0.39, 0.29) is 25.8 Å². The summed E-state index contributed by atoms with van der Waals surface area (Å²) >= 11 is 0. The number of carbonyl (C=O) groups excluding carboxylic acids is 2. The molecule has 0 saturated carbocycles. The fourth-order valence-corrected chi connectivity index (χ4v) is 5.93. The van der Waals surface area contributed by atoms with E-state index in [0.717, 1.165) is 22.3 Å². The lowest BCUT2D eigenvalue weighted by Gasteiger charge is -2.38. The Hall–Kier alpha value is -4.60. The van der Waals surface area contributed by atoms with Gasteiger partial charge in [-0.2, -0.15) is 0 Å². The first-order valence-electron chi connectivity index (χ1n) is 12.9. The van der Waals surface area contributed by atoms with E-state index in [4.69, 9.17) is 38.9 Å². The zero-order valence-corrected chi connectivity index (χ0v) is 22.3. The number of nitrogens with two attached hydrogens (primary N) is 1. The minimum absolute atomic E-state index is 0.0547. The minimum atomic E-state index is -0.736. The van der Waals surface area contributed by atoms with Crippen LogP contribution in [0, 0.1) is 11.8 Å². The summed E-state index contributed by atoms with van der Waals surface area (Å²) in [6.45, 7) is 0.182. The predicted molar refractivity (Wildman–Crippen MR) is 142 cm³/mol. The van der Waals surface area contributed by atoms with E-state index in [1.54, 1.807) is 24.3 Å². The normalized spacial score (nSPS) is 22.1. The van der Waals surface area contributed by atoms with Gasteiger partial charge in [0.15, 0.2) is 23.0 Å². The third-order valence-electron chi connectivity index (χ3n) is 7.75. The maximum Gasteiger partial charge on any atom is 0.310 e. The summed E-state index contributed by atoms with van der Waals surface area (Å²) in [5.74, 6) is 0.122. The fraction of sp³-hybridized carbons (Fsp3) is 0.333. The van der Waals surface area contributed by atoms with Crippen molar-refractivity contribution in [1.82, 2.24) is 0 Å². The molecule has 2 heterocycles. The first kappa shape index (κ1) is 25.7. The van der Waals surface area contributed by atoms with Crippen LogP contribution in [0.5, 0.6) is 28.7 Å². The Kier molecular flexibility index (Phi) is 6.53. The van der Waals surface area contributed by atoms with Crippen molar-refractivity contribution in [2.24, 2.45) is 11.8 Å². The zero-order valence-electron chi connectivity index (χ0n) is 22.3. The summed E-state index contributed by atoms with van der Waals surface area (Å²) in [6.07, 6.45) is -0.681. The van der Waals surface area contributed by atoms with Gasteiger partial charge < -0.3 is 38.9 Å². The number of cyclic esters (lactones) is 1. The van der Waals surface area contributed by atoms with E-state index < -0.39 is 29.8 Å². The second-order valence-electron chi connectivity index (χ2n) is 9.92. The topological polar surface area (TPSA) is 125 Å². The molecule has 1 fully saturated rings. The Labute approximate surface area is 230 Å². The number of fused-ring (bicyclic) bond motifs is 3. The van der Waals surface area contributed by atoms with Gasteiger partial charge in [-0.1, -0.05) is 12.1 Å². The van der Waals surface area contributed by atoms with Gasteiger partial charge in [0.1, 0.15) is 6.10 Å². The second kappa shape index (κ2) is 10.2.